The summed E-state index contributed by atoms with van der Waals surface area (Å²) in [5.41, 5.74) is 7.82. The number of rotatable bonds is 0. The first kappa shape index (κ1) is 10.3. The summed E-state index contributed by atoms with van der Waals surface area (Å²) in [4.78, 5) is 0. The Morgan fingerprint density at radius 3 is 2.00 bits per heavy atom. The molecule has 0 saturated heterocycles. The molecule has 0 unspecified atom stereocenters. The van der Waals surface area contributed by atoms with Crippen LogP contribution in [0.3, 0.4) is 0 Å². The molecule has 1 nitrogen and oxygen atoms in total. The summed E-state index contributed by atoms with van der Waals surface area (Å²) in [5, 5.41) is 1.32. The van der Waals surface area contributed by atoms with Crippen LogP contribution in [0.2, 0.25) is 0 Å². The maximum Gasteiger partial charge on any atom is 0.234 e. The van der Waals surface area contributed by atoms with Crippen molar-refractivity contribution in [3.05, 3.63) is 34.0 Å². The number of benzene rings is 1. The van der Waals surface area contributed by atoms with E-state index >= 15 is 0 Å². The van der Waals surface area contributed by atoms with Crippen LogP contribution >= 0.6 is 0 Å². The van der Waals surface area contributed by atoms with Crippen molar-refractivity contribution in [2.45, 2.75) is 34.6 Å². The molecule has 2 rings (SSSR count). The molecule has 0 aliphatic heterocycles. The van der Waals surface area contributed by atoms with Gasteiger partial charge in [0.05, 0.1) is 0 Å². The molecule has 1 heterocycles. The molecule has 0 N–H and O–H groups in total. The second-order valence-electron chi connectivity index (χ2n) is 4.44. The van der Waals surface area contributed by atoms with Gasteiger partial charge in [0.25, 0.3) is 0 Å². The molecule has 76 valence electrons. The summed E-state index contributed by atoms with van der Waals surface area (Å²) in [6.45, 7) is 10.8. The third-order valence-electron chi connectivity index (χ3n) is 3.64. The van der Waals surface area contributed by atoms with Crippen molar-refractivity contribution in [2.24, 2.45) is 0 Å². The molecule has 0 aliphatic rings. The monoisotopic (exact) mass is 197 g/mol. The van der Waals surface area contributed by atoms with E-state index in [0.29, 0.717) is 0 Å². The van der Waals surface area contributed by atoms with Gasteiger partial charge in [-0.25, -0.2) is 0 Å². The SMILES string of the molecule is [B]n1cc(C)c2c(C)c(C)c(C)c(C)c21. The van der Waals surface area contributed by atoms with Crippen LogP contribution < -0.4 is 0 Å². The highest BCUT2D eigenvalue weighted by molar-refractivity contribution is 6.13. The number of aryl methyl sites for hydroxylation is 3. The van der Waals surface area contributed by atoms with Gasteiger partial charge >= 0.3 is 0 Å². The highest BCUT2D eigenvalue weighted by Gasteiger charge is 2.13. The molecule has 0 saturated carbocycles. The van der Waals surface area contributed by atoms with E-state index in [1.807, 2.05) is 6.20 Å². The summed E-state index contributed by atoms with van der Waals surface area (Å²) in [6.07, 6.45) is 2.00. The second kappa shape index (κ2) is 3.16. The number of hydrogen-bond acceptors (Lipinski definition) is 0. The molecule has 2 heteroatoms. The normalized spacial score (nSPS) is 11.3. The van der Waals surface area contributed by atoms with Gasteiger partial charge in [-0.3, -0.25) is 0 Å². The smallest absolute Gasteiger partial charge is 0.234 e. The summed E-state index contributed by atoms with van der Waals surface area (Å²) in [7, 11) is 5.98. The zero-order valence-corrected chi connectivity index (χ0v) is 10.1. The van der Waals surface area contributed by atoms with Crippen LogP contribution in [-0.2, 0) is 0 Å². The van der Waals surface area contributed by atoms with Gasteiger partial charge in [0.1, 0.15) is 0 Å². The lowest BCUT2D eigenvalue weighted by Crippen LogP contribution is -1.97. The molecule has 0 atom stereocenters. The molecular formula is C13H16BN. The Morgan fingerprint density at radius 2 is 1.40 bits per heavy atom. The van der Waals surface area contributed by atoms with Crippen LogP contribution in [0.25, 0.3) is 10.9 Å². The first-order chi connectivity index (χ1) is 6.95. The minimum atomic E-state index is 1.17. The van der Waals surface area contributed by atoms with Crippen molar-refractivity contribution in [3.8, 4) is 0 Å². The number of aromatic nitrogens is 1. The number of hydrogen-bond donors (Lipinski definition) is 0. The largest absolute Gasteiger partial charge is 0.403 e. The molecule has 1 aromatic carbocycles. The van der Waals surface area contributed by atoms with Gasteiger partial charge in [0.15, 0.2) is 0 Å². The molecular weight excluding hydrogens is 181 g/mol. The summed E-state index contributed by atoms with van der Waals surface area (Å²) in [5.74, 6) is 0. The zero-order valence-electron chi connectivity index (χ0n) is 10.1. The summed E-state index contributed by atoms with van der Waals surface area (Å²) in [6, 6.07) is 0. The Balaban J connectivity index is 3.10. The average Bonchev–Trinajstić information content (AvgIpc) is 2.47. The standard InChI is InChI=1S/C13H16BN/c1-7-6-15(14)13-11(5)9(3)8(2)10(4)12(7)13/h6H,1-5H3. The van der Waals surface area contributed by atoms with E-state index in [4.69, 9.17) is 7.98 Å². The van der Waals surface area contributed by atoms with E-state index in [0.717, 1.165) is 0 Å². The lowest BCUT2D eigenvalue weighted by Gasteiger charge is -2.13. The molecule has 2 aromatic rings. The van der Waals surface area contributed by atoms with Crippen molar-refractivity contribution < 1.29 is 0 Å². The Bertz CT molecular complexity index is 502. The lowest BCUT2D eigenvalue weighted by molar-refractivity contribution is 1.22. The van der Waals surface area contributed by atoms with Crippen molar-refractivity contribution in [3.63, 3.8) is 0 Å². The maximum absolute atomic E-state index is 5.98. The predicted octanol–water partition coefficient (Wildman–Crippen LogP) is 3.12. The Hall–Kier alpha value is -1.18. The minimum Gasteiger partial charge on any atom is -0.403 e. The molecule has 0 fully saturated rings. The molecule has 0 amide bonds. The predicted molar refractivity (Wildman–Crippen MR) is 66.8 cm³/mol. The Morgan fingerprint density at radius 1 is 0.867 bits per heavy atom. The Labute approximate surface area is 92.5 Å². The van der Waals surface area contributed by atoms with Gasteiger partial charge in [-0.15, -0.1) is 0 Å². The van der Waals surface area contributed by atoms with Gasteiger partial charge in [-0.2, -0.15) is 0 Å². The van der Waals surface area contributed by atoms with Crippen LogP contribution in [0.1, 0.15) is 27.8 Å². The molecule has 0 bridgehead atoms. The summed E-state index contributed by atoms with van der Waals surface area (Å²) >= 11 is 0. The third kappa shape index (κ3) is 1.24. The number of fused-ring (bicyclic) bond motifs is 1. The van der Waals surface area contributed by atoms with Crippen LogP contribution in [0.15, 0.2) is 6.20 Å². The third-order valence-corrected chi connectivity index (χ3v) is 3.64. The lowest BCUT2D eigenvalue weighted by atomic mass is 9.94. The van der Waals surface area contributed by atoms with Gasteiger partial charge in [-0.05, 0) is 68.6 Å². The fourth-order valence-corrected chi connectivity index (χ4v) is 2.44. The van der Waals surface area contributed by atoms with Crippen LogP contribution in [0, 0.1) is 34.6 Å². The topological polar surface area (TPSA) is 4.93 Å². The maximum atomic E-state index is 5.98. The molecule has 0 spiro atoms. The van der Waals surface area contributed by atoms with Crippen LogP contribution in [0.4, 0.5) is 0 Å². The minimum absolute atomic E-state index is 1.17. The fraction of sp³-hybridized carbons (Fsp3) is 0.385. The fourth-order valence-electron chi connectivity index (χ4n) is 2.44. The van der Waals surface area contributed by atoms with Crippen molar-refractivity contribution >= 4 is 18.9 Å². The van der Waals surface area contributed by atoms with E-state index in [1.54, 1.807) is 4.48 Å². The average molecular weight is 197 g/mol. The highest BCUT2D eigenvalue weighted by atomic mass is 14.8. The second-order valence-corrected chi connectivity index (χ2v) is 4.44. The molecule has 0 aliphatic carbocycles. The van der Waals surface area contributed by atoms with Crippen LogP contribution in [-0.4, -0.2) is 12.5 Å². The van der Waals surface area contributed by atoms with Crippen LogP contribution in [0.5, 0.6) is 0 Å². The van der Waals surface area contributed by atoms with Gasteiger partial charge in [0.2, 0.25) is 7.98 Å². The number of nitrogens with zero attached hydrogens (tertiary/aromatic N) is 1. The quantitative estimate of drug-likeness (QED) is 0.572. The molecule has 1 aromatic heterocycles. The van der Waals surface area contributed by atoms with E-state index in [-0.39, 0.29) is 0 Å². The van der Waals surface area contributed by atoms with Gasteiger partial charge in [0, 0.05) is 10.9 Å². The first-order valence-electron chi connectivity index (χ1n) is 5.28. The van der Waals surface area contributed by atoms with E-state index in [1.165, 1.54) is 38.7 Å². The van der Waals surface area contributed by atoms with E-state index in [9.17, 15) is 0 Å². The van der Waals surface area contributed by atoms with Gasteiger partial charge < -0.3 is 4.48 Å². The zero-order chi connectivity index (χ0) is 11.3. The van der Waals surface area contributed by atoms with Gasteiger partial charge in [-0.1, -0.05) is 0 Å². The first-order valence-corrected chi connectivity index (χ1v) is 5.28. The Kier molecular flexibility index (Phi) is 2.18. The molecule has 15 heavy (non-hydrogen) atoms. The highest BCUT2D eigenvalue weighted by Crippen LogP contribution is 2.31. The summed E-state index contributed by atoms with van der Waals surface area (Å²) < 4.78 is 1.75. The van der Waals surface area contributed by atoms with E-state index < -0.39 is 0 Å². The van der Waals surface area contributed by atoms with Crippen molar-refractivity contribution in [2.75, 3.05) is 0 Å². The van der Waals surface area contributed by atoms with Crippen molar-refractivity contribution in [1.82, 2.24) is 4.48 Å². The van der Waals surface area contributed by atoms with E-state index in [2.05, 4.69) is 34.6 Å². The van der Waals surface area contributed by atoms with Crippen molar-refractivity contribution in [1.29, 1.82) is 0 Å². The molecule has 2 radical (unpaired) electrons.